The first-order valence-corrected chi connectivity index (χ1v) is 9.34. The van der Waals surface area contributed by atoms with Gasteiger partial charge in [0.2, 0.25) is 5.91 Å². The molecule has 0 bridgehead atoms. The molecule has 7 nitrogen and oxygen atoms in total. The number of ether oxygens (including phenoxy) is 1. The number of hydrogen-bond acceptors (Lipinski definition) is 4. The fourth-order valence-electron chi connectivity index (χ4n) is 3.01. The van der Waals surface area contributed by atoms with Crippen LogP contribution in [0.25, 0.3) is 5.69 Å². The molecule has 0 radical (unpaired) electrons. The number of benzene rings is 2. The number of anilines is 2. The zero-order chi connectivity index (χ0) is 22.8. The van der Waals surface area contributed by atoms with Gasteiger partial charge in [0.25, 0.3) is 5.56 Å². The molecule has 0 aliphatic rings. The van der Waals surface area contributed by atoms with Crippen LogP contribution in [0.4, 0.5) is 24.5 Å². The Kier molecular flexibility index (Phi) is 6.09. The fourth-order valence-corrected chi connectivity index (χ4v) is 3.01. The number of nitrogens with one attached hydrogen (secondary N) is 2. The van der Waals surface area contributed by atoms with E-state index >= 15 is 0 Å². The summed E-state index contributed by atoms with van der Waals surface area (Å²) in [7, 11) is 1.74. The van der Waals surface area contributed by atoms with E-state index in [0.29, 0.717) is 17.1 Å². The summed E-state index contributed by atoms with van der Waals surface area (Å²) in [5.41, 5.74) is 1.59. The van der Waals surface area contributed by atoms with Crippen molar-refractivity contribution in [2.45, 2.75) is 26.3 Å². The molecule has 3 rings (SSSR count). The standard InChI is InChI=1S/C21H21F3N4O3/c1-13(19(29)26-15-9-11-17(12-10-15)31-21(22,23)24)25-18-14(2)27(3)28(20(18)30)16-7-5-4-6-8-16/h4-13,25H,1-3H3,(H,26,29). The Morgan fingerprint density at radius 1 is 1.06 bits per heavy atom. The number of amides is 1. The number of nitrogens with zero attached hydrogens (tertiary/aromatic N) is 2. The monoisotopic (exact) mass is 434 g/mol. The van der Waals surface area contributed by atoms with Crippen LogP contribution < -0.4 is 20.9 Å². The van der Waals surface area contributed by atoms with Gasteiger partial charge in [-0.3, -0.25) is 14.3 Å². The summed E-state index contributed by atoms with van der Waals surface area (Å²) in [6.07, 6.45) is -4.79. The Morgan fingerprint density at radius 3 is 2.26 bits per heavy atom. The molecule has 1 amide bonds. The molecular formula is C21H21F3N4O3. The van der Waals surface area contributed by atoms with Gasteiger partial charge in [-0.15, -0.1) is 13.2 Å². The molecule has 0 saturated carbocycles. The fraction of sp³-hybridized carbons (Fsp3) is 0.238. The van der Waals surface area contributed by atoms with E-state index in [1.165, 1.54) is 16.8 Å². The van der Waals surface area contributed by atoms with Crippen LogP contribution >= 0.6 is 0 Å². The van der Waals surface area contributed by atoms with Gasteiger partial charge in [0.1, 0.15) is 17.5 Å². The maximum absolute atomic E-state index is 12.9. The first-order chi connectivity index (χ1) is 14.6. The smallest absolute Gasteiger partial charge is 0.406 e. The van der Waals surface area contributed by atoms with Crippen molar-refractivity contribution < 1.29 is 22.7 Å². The Bertz CT molecular complexity index is 1120. The van der Waals surface area contributed by atoms with Gasteiger partial charge in [-0.2, -0.15) is 0 Å². The lowest BCUT2D eigenvalue weighted by atomic mass is 10.2. The molecule has 164 valence electrons. The van der Waals surface area contributed by atoms with E-state index in [1.54, 1.807) is 37.7 Å². The lowest BCUT2D eigenvalue weighted by molar-refractivity contribution is -0.274. The second kappa shape index (κ2) is 8.58. The molecule has 1 heterocycles. The average molecular weight is 434 g/mol. The quantitative estimate of drug-likeness (QED) is 0.619. The average Bonchev–Trinajstić information content (AvgIpc) is 2.92. The van der Waals surface area contributed by atoms with E-state index < -0.39 is 24.1 Å². The highest BCUT2D eigenvalue weighted by molar-refractivity contribution is 5.96. The van der Waals surface area contributed by atoms with Crippen LogP contribution in [0.3, 0.4) is 0 Å². The molecule has 0 spiro atoms. The van der Waals surface area contributed by atoms with Crippen molar-refractivity contribution in [3.05, 3.63) is 70.6 Å². The molecule has 1 atom stereocenters. The number of aromatic nitrogens is 2. The van der Waals surface area contributed by atoms with Gasteiger partial charge >= 0.3 is 6.36 Å². The number of carbonyl (C=O) groups excluding carboxylic acids is 1. The van der Waals surface area contributed by atoms with E-state index in [1.807, 2.05) is 18.2 Å². The molecule has 1 aromatic heterocycles. The highest BCUT2D eigenvalue weighted by Crippen LogP contribution is 2.24. The Balaban J connectivity index is 1.72. The lowest BCUT2D eigenvalue weighted by Gasteiger charge is -2.15. The summed E-state index contributed by atoms with van der Waals surface area (Å²) in [5.74, 6) is -0.851. The van der Waals surface area contributed by atoms with Gasteiger partial charge < -0.3 is 15.4 Å². The largest absolute Gasteiger partial charge is 0.573 e. The van der Waals surface area contributed by atoms with Crippen molar-refractivity contribution in [1.29, 1.82) is 0 Å². The van der Waals surface area contributed by atoms with E-state index in [0.717, 1.165) is 12.1 Å². The van der Waals surface area contributed by atoms with Crippen molar-refractivity contribution >= 4 is 17.3 Å². The van der Waals surface area contributed by atoms with E-state index in [9.17, 15) is 22.8 Å². The SMILES string of the molecule is Cc1c(NC(C)C(=O)Nc2ccc(OC(F)(F)F)cc2)c(=O)n(-c2ccccc2)n1C. The number of halogens is 3. The van der Waals surface area contributed by atoms with Crippen LogP contribution in [0.1, 0.15) is 12.6 Å². The topological polar surface area (TPSA) is 77.3 Å². The van der Waals surface area contributed by atoms with Crippen molar-refractivity contribution in [3.63, 3.8) is 0 Å². The maximum Gasteiger partial charge on any atom is 0.573 e. The summed E-state index contributed by atoms with van der Waals surface area (Å²) in [4.78, 5) is 25.4. The van der Waals surface area contributed by atoms with Gasteiger partial charge in [0.05, 0.1) is 11.4 Å². The zero-order valence-electron chi connectivity index (χ0n) is 17.0. The number of hydrogen-bond donors (Lipinski definition) is 2. The Labute approximate surface area is 176 Å². The summed E-state index contributed by atoms with van der Waals surface area (Å²) >= 11 is 0. The highest BCUT2D eigenvalue weighted by atomic mass is 19.4. The zero-order valence-corrected chi connectivity index (χ0v) is 17.0. The van der Waals surface area contributed by atoms with Crippen LogP contribution in [0.15, 0.2) is 59.4 Å². The molecule has 0 fully saturated rings. The van der Waals surface area contributed by atoms with Crippen molar-refractivity contribution in [1.82, 2.24) is 9.36 Å². The molecule has 0 saturated heterocycles. The minimum atomic E-state index is -4.79. The number of carbonyl (C=O) groups is 1. The molecule has 2 N–H and O–H groups in total. The predicted octanol–water partition coefficient (Wildman–Crippen LogP) is 3.82. The number of rotatable bonds is 6. The van der Waals surface area contributed by atoms with Gasteiger partial charge in [-0.05, 0) is 50.2 Å². The summed E-state index contributed by atoms with van der Waals surface area (Å²) < 4.78 is 43.7. The molecule has 0 aliphatic heterocycles. The first kappa shape index (κ1) is 22.0. The third-order valence-corrected chi connectivity index (χ3v) is 4.66. The van der Waals surface area contributed by atoms with Crippen molar-refractivity contribution in [2.24, 2.45) is 7.05 Å². The minimum absolute atomic E-state index is 0.280. The van der Waals surface area contributed by atoms with Crippen LogP contribution in [0.5, 0.6) is 5.75 Å². The van der Waals surface area contributed by atoms with Crippen LogP contribution in [0, 0.1) is 6.92 Å². The first-order valence-electron chi connectivity index (χ1n) is 9.34. The van der Waals surface area contributed by atoms with Gasteiger partial charge in [0, 0.05) is 12.7 Å². The van der Waals surface area contributed by atoms with Crippen LogP contribution in [0.2, 0.25) is 0 Å². The molecular weight excluding hydrogens is 413 g/mol. The van der Waals surface area contributed by atoms with Gasteiger partial charge in [-0.1, -0.05) is 18.2 Å². The minimum Gasteiger partial charge on any atom is -0.406 e. The number of alkyl halides is 3. The second-order valence-corrected chi connectivity index (χ2v) is 6.86. The van der Waals surface area contributed by atoms with E-state index in [2.05, 4.69) is 15.4 Å². The Hall–Kier alpha value is -3.69. The third kappa shape index (κ3) is 5.08. The van der Waals surface area contributed by atoms with E-state index in [4.69, 9.17) is 0 Å². The van der Waals surface area contributed by atoms with Crippen LogP contribution in [-0.2, 0) is 11.8 Å². The highest BCUT2D eigenvalue weighted by Gasteiger charge is 2.31. The lowest BCUT2D eigenvalue weighted by Crippen LogP contribution is -2.34. The second-order valence-electron chi connectivity index (χ2n) is 6.86. The molecule has 1 unspecified atom stereocenters. The number of para-hydroxylation sites is 1. The molecule has 31 heavy (non-hydrogen) atoms. The maximum atomic E-state index is 12.9. The molecule has 0 aliphatic carbocycles. The molecule has 2 aromatic carbocycles. The van der Waals surface area contributed by atoms with Crippen molar-refractivity contribution in [2.75, 3.05) is 10.6 Å². The van der Waals surface area contributed by atoms with Crippen molar-refractivity contribution in [3.8, 4) is 11.4 Å². The normalized spacial score (nSPS) is 12.3. The van der Waals surface area contributed by atoms with Gasteiger partial charge in [-0.25, -0.2) is 4.68 Å². The van der Waals surface area contributed by atoms with Gasteiger partial charge in [0.15, 0.2) is 0 Å². The molecule has 3 aromatic rings. The summed E-state index contributed by atoms with van der Waals surface area (Å²) in [6, 6.07) is 13.1. The third-order valence-electron chi connectivity index (χ3n) is 4.66. The predicted molar refractivity (Wildman–Crippen MR) is 111 cm³/mol. The Morgan fingerprint density at radius 2 is 1.68 bits per heavy atom. The summed E-state index contributed by atoms with van der Waals surface area (Å²) in [6.45, 7) is 3.34. The molecule has 10 heteroatoms. The summed E-state index contributed by atoms with van der Waals surface area (Å²) in [5, 5.41) is 5.52. The van der Waals surface area contributed by atoms with E-state index in [-0.39, 0.29) is 11.2 Å². The van der Waals surface area contributed by atoms with Crippen LogP contribution in [-0.4, -0.2) is 27.7 Å².